The van der Waals surface area contributed by atoms with Crippen LogP contribution in [0.2, 0.25) is 13.7 Å². The summed E-state index contributed by atoms with van der Waals surface area (Å²) in [7, 11) is 0. The van der Waals surface area contributed by atoms with E-state index in [9.17, 15) is 0 Å². The molecule has 0 aliphatic carbocycles. The maximum Gasteiger partial charge on any atom is 0.104 e. The molecule has 0 radical (unpaired) electrons. The summed E-state index contributed by atoms with van der Waals surface area (Å²) in [5.74, 6) is 0. The molecule has 1 N–H and O–H groups in total. The zero-order chi connectivity index (χ0) is 23.2. The number of H-pyrrole nitrogens is 1. The molecule has 3 aromatic heterocycles. The van der Waals surface area contributed by atoms with Gasteiger partial charge in [-0.25, -0.2) is 4.68 Å². The third-order valence-corrected chi connectivity index (χ3v) is 7.44. The number of hydrogen-bond acceptors (Lipinski definition) is 2. The Bertz CT molecular complexity index is 1630. The molecular weight excluding hydrogens is 505 g/mol. The first-order valence-electron chi connectivity index (χ1n) is 10.6. The Morgan fingerprint density at radius 3 is 2.24 bits per heavy atom. The number of fused-ring (bicyclic) bond motifs is 1. The predicted molar refractivity (Wildman–Crippen MR) is 145 cm³/mol. The van der Waals surface area contributed by atoms with Gasteiger partial charge in [0.15, 0.2) is 0 Å². The topological polar surface area (TPSA) is 33.6 Å². The first kappa shape index (κ1) is 21.5. The summed E-state index contributed by atoms with van der Waals surface area (Å²) in [6.07, 6.45) is 0. The lowest BCUT2D eigenvalue weighted by Crippen LogP contribution is -1.99. The smallest absolute Gasteiger partial charge is 0.104 e. The van der Waals surface area contributed by atoms with E-state index >= 15 is 0 Å². The minimum atomic E-state index is 0.611. The predicted octanol–water partition coefficient (Wildman–Crippen LogP) is 9.38. The molecule has 3 nitrogen and oxygen atoms in total. The summed E-state index contributed by atoms with van der Waals surface area (Å²) in [4.78, 5) is 3.60. The third kappa shape index (κ3) is 3.73. The van der Waals surface area contributed by atoms with Crippen molar-refractivity contribution in [3.05, 3.63) is 105 Å². The van der Waals surface area contributed by atoms with Crippen LogP contribution >= 0.6 is 46.1 Å². The van der Waals surface area contributed by atoms with Gasteiger partial charge in [0, 0.05) is 27.1 Å². The van der Waals surface area contributed by atoms with E-state index in [1.807, 2.05) is 77.5 Å². The van der Waals surface area contributed by atoms with Gasteiger partial charge in [-0.1, -0.05) is 83.3 Å². The molecule has 0 spiro atoms. The number of benzene rings is 3. The Hall–Kier alpha value is -3.02. The number of nitrogens with zero attached hydrogens (tertiary/aromatic N) is 2. The largest absolute Gasteiger partial charge is 0.354 e. The number of nitrogens with one attached hydrogen (secondary N) is 1. The summed E-state index contributed by atoms with van der Waals surface area (Å²) in [5.41, 5.74) is 7.51. The molecule has 0 bridgehead atoms. The van der Waals surface area contributed by atoms with Crippen molar-refractivity contribution in [2.45, 2.75) is 0 Å². The van der Waals surface area contributed by atoms with Crippen LogP contribution in [0.25, 0.3) is 50.4 Å². The fourth-order valence-corrected chi connectivity index (χ4v) is 5.88. The SMILES string of the molecule is Clc1ccc2[nH]c(-c3ccccc3)c(-c3cc(-c4cc(Cl)sc4Cl)nn3-c3ccccc3)c2c1. The molecule has 0 saturated heterocycles. The minimum absolute atomic E-state index is 0.611. The van der Waals surface area contributed by atoms with Gasteiger partial charge >= 0.3 is 0 Å². The zero-order valence-corrected chi connectivity index (χ0v) is 20.7. The number of para-hydroxylation sites is 1. The second-order valence-electron chi connectivity index (χ2n) is 7.83. The number of aromatic amines is 1. The van der Waals surface area contributed by atoms with Crippen LogP contribution in [-0.4, -0.2) is 14.8 Å². The number of aromatic nitrogens is 3. The van der Waals surface area contributed by atoms with Crippen LogP contribution in [0.5, 0.6) is 0 Å². The van der Waals surface area contributed by atoms with Crippen molar-refractivity contribution in [3.63, 3.8) is 0 Å². The first-order valence-corrected chi connectivity index (χ1v) is 12.5. The summed E-state index contributed by atoms with van der Waals surface area (Å²) >= 11 is 20.6. The van der Waals surface area contributed by atoms with Gasteiger partial charge in [0.25, 0.3) is 0 Å². The zero-order valence-electron chi connectivity index (χ0n) is 17.6. The highest BCUT2D eigenvalue weighted by Crippen LogP contribution is 2.43. The molecule has 7 heteroatoms. The van der Waals surface area contributed by atoms with Crippen LogP contribution in [0.15, 0.2) is 91.0 Å². The van der Waals surface area contributed by atoms with E-state index in [1.54, 1.807) is 0 Å². The van der Waals surface area contributed by atoms with Crippen LogP contribution in [0, 0.1) is 0 Å². The molecule has 0 atom stereocenters. The Labute approximate surface area is 215 Å². The molecule has 0 unspecified atom stereocenters. The van der Waals surface area contributed by atoms with Crippen molar-refractivity contribution in [1.29, 1.82) is 0 Å². The molecule has 3 heterocycles. The van der Waals surface area contributed by atoms with E-state index in [2.05, 4.69) is 23.2 Å². The van der Waals surface area contributed by atoms with E-state index in [-0.39, 0.29) is 0 Å². The summed E-state index contributed by atoms with van der Waals surface area (Å²) in [6.45, 7) is 0. The standard InChI is InChI=1S/C27H16Cl3N3S/c28-17-11-12-21-19(13-17)25(26(31-21)16-7-3-1-4-8-16)23-15-22(20-14-24(29)34-27(20)30)32-33(23)18-9-5-2-6-10-18/h1-15,31H. The first-order chi connectivity index (χ1) is 16.6. The molecule has 0 aliphatic rings. The molecule has 34 heavy (non-hydrogen) atoms. The molecule has 0 saturated carbocycles. The summed E-state index contributed by atoms with van der Waals surface area (Å²) in [6, 6.07) is 30.1. The van der Waals surface area contributed by atoms with Gasteiger partial charge in [-0.05, 0) is 48.0 Å². The highest BCUT2D eigenvalue weighted by molar-refractivity contribution is 7.20. The highest BCUT2D eigenvalue weighted by atomic mass is 35.5. The van der Waals surface area contributed by atoms with Gasteiger partial charge in [0.1, 0.15) is 4.34 Å². The maximum absolute atomic E-state index is 6.52. The molecule has 0 fully saturated rings. The molecule has 0 amide bonds. The summed E-state index contributed by atoms with van der Waals surface area (Å²) < 4.78 is 3.19. The van der Waals surface area contributed by atoms with Gasteiger partial charge in [-0.2, -0.15) is 5.10 Å². The summed E-state index contributed by atoms with van der Waals surface area (Å²) in [5, 5.41) is 6.67. The second-order valence-corrected chi connectivity index (χ2v) is 10.6. The van der Waals surface area contributed by atoms with E-state index < -0.39 is 0 Å². The monoisotopic (exact) mass is 519 g/mol. The second kappa shape index (κ2) is 8.64. The number of hydrogen-bond donors (Lipinski definition) is 1. The van der Waals surface area contributed by atoms with Crippen LogP contribution in [0.1, 0.15) is 0 Å². The van der Waals surface area contributed by atoms with Gasteiger partial charge < -0.3 is 4.98 Å². The van der Waals surface area contributed by atoms with Gasteiger partial charge in [0.05, 0.1) is 27.1 Å². The van der Waals surface area contributed by atoms with Crippen LogP contribution in [0.4, 0.5) is 0 Å². The van der Waals surface area contributed by atoms with Crippen molar-refractivity contribution in [2.75, 3.05) is 0 Å². The molecule has 166 valence electrons. The number of rotatable bonds is 4. The Morgan fingerprint density at radius 2 is 1.53 bits per heavy atom. The van der Waals surface area contributed by atoms with Crippen LogP contribution < -0.4 is 0 Å². The van der Waals surface area contributed by atoms with Crippen molar-refractivity contribution in [1.82, 2.24) is 14.8 Å². The highest BCUT2D eigenvalue weighted by Gasteiger charge is 2.23. The van der Waals surface area contributed by atoms with E-state index in [4.69, 9.17) is 39.9 Å². The Balaban J connectivity index is 1.70. The van der Waals surface area contributed by atoms with Crippen molar-refractivity contribution in [3.8, 4) is 39.5 Å². The lowest BCUT2D eigenvalue weighted by molar-refractivity contribution is 0.893. The molecule has 3 aromatic carbocycles. The van der Waals surface area contributed by atoms with Gasteiger partial charge in [-0.15, -0.1) is 11.3 Å². The van der Waals surface area contributed by atoms with Gasteiger partial charge in [0.2, 0.25) is 0 Å². The van der Waals surface area contributed by atoms with Crippen molar-refractivity contribution >= 4 is 57.0 Å². The molecule has 6 rings (SSSR count). The average Bonchev–Trinajstić information content (AvgIpc) is 3.54. The van der Waals surface area contributed by atoms with E-state index in [0.717, 1.165) is 50.4 Å². The van der Waals surface area contributed by atoms with Crippen molar-refractivity contribution in [2.24, 2.45) is 0 Å². The van der Waals surface area contributed by atoms with E-state index in [0.29, 0.717) is 13.7 Å². The quantitative estimate of drug-likeness (QED) is 0.247. The van der Waals surface area contributed by atoms with Crippen LogP contribution in [0.3, 0.4) is 0 Å². The van der Waals surface area contributed by atoms with E-state index in [1.165, 1.54) is 11.3 Å². The fourth-order valence-electron chi connectivity index (χ4n) is 4.22. The number of thiophene rings is 1. The normalized spacial score (nSPS) is 11.4. The Kier molecular flexibility index (Phi) is 5.47. The lowest BCUT2D eigenvalue weighted by Gasteiger charge is -2.10. The van der Waals surface area contributed by atoms with Crippen molar-refractivity contribution < 1.29 is 0 Å². The maximum atomic E-state index is 6.52. The molecular formula is C27H16Cl3N3S. The molecule has 0 aliphatic heterocycles. The Morgan fingerprint density at radius 1 is 0.794 bits per heavy atom. The number of halogens is 3. The minimum Gasteiger partial charge on any atom is -0.354 e. The molecule has 6 aromatic rings. The third-order valence-electron chi connectivity index (χ3n) is 5.72. The fraction of sp³-hybridized carbons (Fsp3) is 0. The lowest BCUT2D eigenvalue weighted by atomic mass is 10.0. The van der Waals surface area contributed by atoms with Crippen LogP contribution in [-0.2, 0) is 0 Å². The van der Waals surface area contributed by atoms with Gasteiger partial charge in [-0.3, -0.25) is 0 Å². The average molecular weight is 521 g/mol.